The number of aryl methyl sites for hydroxylation is 1. The fraction of sp³-hybridized carbons (Fsp3) is 0.357. The molecule has 0 aromatic carbocycles. The number of carbonyl (C=O) groups excluding carboxylic acids is 1. The monoisotopic (exact) mass is 289 g/mol. The molecule has 7 nitrogen and oxygen atoms in total. The van der Waals surface area contributed by atoms with Crippen LogP contribution in [-0.2, 0) is 16.1 Å². The van der Waals surface area contributed by atoms with Crippen molar-refractivity contribution in [2.45, 2.75) is 19.5 Å². The number of aromatic nitrogens is 3. The van der Waals surface area contributed by atoms with Crippen molar-refractivity contribution in [3.05, 3.63) is 42.1 Å². The van der Waals surface area contributed by atoms with Crippen molar-refractivity contribution >= 4 is 5.91 Å². The SMILES string of the molecule is COCC(N)C(=O)NCc1ccc(-n2ccnc2C)nc1. The van der Waals surface area contributed by atoms with Gasteiger partial charge in [-0.05, 0) is 18.6 Å². The minimum Gasteiger partial charge on any atom is -0.383 e. The first-order valence-electron chi connectivity index (χ1n) is 6.59. The van der Waals surface area contributed by atoms with E-state index in [9.17, 15) is 4.79 Å². The number of hydrogen-bond acceptors (Lipinski definition) is 5. The molecule has 0 saturated heterocycles. The van der Waals surface area contributed by atoms with Crippen LogP contribution in [-0.4, -0.2) is 40.2 Å². The molecule has 0 bridgehead atoms. The van der Waals surface area contributed by atoms with Crippen molar-refractivity contribution in [3.8, 4) is 5.82 Å². The number of carbonyl (C=O) groups is 1. The Kier molecular flexibility index (Phi) is 5.02. The number of nitrogens with one attached hydrogen (secondary N) is 1. The fourth-order valence-corrected chi connectivity index (χ4v) is 1.86. The Bertz CT molecular complexity index is 594. The largest absolute Gasteiger partial charge is 0.383 e. The van der Waals surface area contributed by atoms with Crippen molar-refractivity contribution < 1.29 is 9.53 Å². The number of amides is 1. The summed E-state index contributed by atoms with van der Waals surface area (Å²) in [5, 5.41) is 2.75. The molecule has 2 aromatic rings. The lowest BCUT2D eigenvalue weighted by atomic mass is 10.2. The zero-order valence-corrected chi connectivity index (χ0v) is 12.1. The quantitative estimate of drug-likeness (QED) is 0.790. The van der Waals surface area contributed by atoms with Gasteiger partial charge in [-0.25, -0.2) is 9.97 Å². The van der Waals surface area contributed by atoms with E-state index >= 15 is 0 Å². The van der Waals surface area contributed by atoms with Gasteiger partial charge in [0.15, 0.2) is 0 Å². The van der Waals surface area contributed by atoms with Crippen LogP contribution in [0.5, 0.6) is 0 Å². The third-order valence-corrected chi connectivity index (χ3v) is 3.03. The minimum absolute atomic E-state index is 0.197. The molecule has 0 saturated carbocycles. The molecule has 0 aliphatic carbocycles. The summed E-state index contributed by atoms with van der Waals surface area (Å²) in [7, 11) is 1.51. The molecule has 1 unspecified atom stereocenters. The van der Waals surface area contributed by atoms with E-state index in [1.165, 1.54) is 7.11 Å². The van der Waals surface area contributed by atoms with E-state index in [1.807, 2.05) is 29.8 Å². The highest BCUT2D eigenvalue weighted by molar-refractivity contribution is 5.81. The topological polar surface area (TPSA) is 95.1 Å². The molecule has 2 heterocycles. The van der Waals surface area contributed by atoms with Crippen LogP contribution >= 0.6 is 0 Å². The zero-order valence-electron chi connectivity index (χ0n) is 12.1. The number of pyridine rings is 1. The normalized spacial score (nSPS) is 12.1. The summed E-state index contributed by atoms with van der Waals surface area (Å²) in [6.45, 7) is 2.49. The highest BCUT2D eigenvalue weighted by atomic mass is 16.5. The standard InChI is InChI=1S/C14H19N5O2/c1-10-16-5-6-19(10)13-4-3-11(7-17-13)8-18-14(20)12(15)9-21-2/h3-7,12H,8-9,15H2,1-2H3,(H,18,20). The van der Waals surface area contributed by atoms with Gasteiger partial charge in [0, 0.05) is 32.2 Å². The lowest BCUT2D eigenvalue weighted by molar-refractivity contribution is -0.123. The number of imidazole rings is 1. The summed E-state index contributed by atoms with van der Waals surface area (Å²) in [5.41, 5.74) is 6.53. The van der Waals surface area contributed by atoms with Gasteiger partial charge in [0.25, 0.3) is 0 Å². The summed E-state index contributed by atoms with van der Waals surface area (Å²) < 4.78 is 6.72. The van der Waals surface area contributed by atoms with Gasteiger partial charge in [-0.1, -0.05) is 6.07 Å². The molecular weight excluding hydrogens is 270 g/mol. The van der Waals surface area contributed by atoms with E-state index in [4.69, 9.17) is 10.5 Å². The molecule has 0 fully saturated rings. The number of nitrogens with zero attached hydrogens (tertiary/aromatic N) is 3. The summed E-state index contributed by atoms with van der Waals surface area (Å²) in [6, 6.07) is 3.13. The molecule has 0 spiro atoms. The Hall–Kier alpha value is -2.25. The van der Waals surface area contributed by atoms with Crippen LogP contribution in [0.4, 0.5) is 0 Å². The highest BCUT2D eigenvalue weighted by Gasteiger charge is 2.12. The fourth-order valence-electron chi connectivity index (χ4n) is 1.86. The Morgan fingerprint density at radius 2 is 2.29 bits per heavy atom. The summed E-state index contributed by atoms with van der Waals surface area (Å²) >= 11 is 0. The Morgan fingerprint density at radius 1 is 1.48 bits per heavy atom. The Morgan fingerprint density at radius 3 is 2.86 bits per heavy atom. The summed E-state index contributed by atoms with van der Waals surface area (Å²) in [6.07, 6.45) is 5.29. The number of ether oxygens (including phenoxy) is 1. The highest BCUT2D eigenvalue weighted by Crippen LogP contribution is 2.08. The molecule has 0 aliphatic rings. The van der Waals surface area contributed by atoms with Crippen molar-refractivity contribution in [2.75, 3.05) is 13.7 Å². The van der Waals surface area contributed by atoms with Gasteiger partial charge in [-0.3, -0.25) is 9.36 Å². The van der Waals surface area contributed by atoms with E-state index in [0.717, 1.165) is 17.2 Å². The van der Waals surface area contributed by atoms with Crippen LogP contribution in [0, 0.1) is 6.92 Å². The average Bonchev–Trinajstić information content (AvgIpc) is 2.91. The maximum Gasteiger partial charge on any atom is 0.239 e. The van der Waals surface area contributed by atoms with E-state index < -0.39 is 6.04 Å². The number of methoxy groups -OCH3 is 1. The van der Waals surface area contributed by atoms with Crippen LogP contribution in [0.1, 0.15) is 11.4 Å². The van der Waals surface area contributed by atoms with Gasteiger partial charge < -0.3 is 15.8 Å². The predicted molar refractivity (Wildman–Crippen MR) is 77.8 cm³/mol. The van der Waals surface area contributed by atoms with Crippen molar-refractivity contribution in [1.29, 1.82) is 0 Å². The molecule has 7 heteroatoms. The van der Waals surface area contributed by atoms with Gasteiger partial charge >= 0.3 is 0 Å². The average molecular weight is 289 g/mol. The van der Waals surface area contributed by atoms with Gasteiger partial charge in [0.1, 0.15) is 17.7 Å². The van der Waals surface area contributed by atoms with Crippen LogP contribution in [0.2, 0.25) is 0 Å². The molecule has 3 N–H and O–H groups in total. The van der Waals surface area contributed by atoms with E-state index in [2.05, 4.69) is 15.3 Å². The van der Waals surface area contributed by atoms with E-state index in [0.29, 0.717) is 6.54 Å². The van der Waals surface area contributed by atoms with E-state index in [-0.39, 0.29) is 12.5 Å². The van der Waals surface area contributed by atoms with Crippen LogP contribution in [0.3, 0.4) is 0 Å². The molecule has 21 heavy (non-hydrogen) atoms. The van der Waals surface area contributed by atoms with Gasteiger partial charge in [0.2, 0.25) is 5.91 Å². The second kappa shape index (κ2) is 6.96. The molecule has 1 atom stereocenters. The maximum absolute atomic E-state index is 11.7. The molecule has 2 rings (SSSR count). The minimum atomic E-state index is -0.657. The van der Waals surface area contributed by atoms with Crippen molar-refractivity contribution in [3.63, 3.8) is 0 Å². The third-order valence-electron chi connectivity index (χ3n) is 3.03. The molecular formula is C14H19N5O2. The first-order valence-corrected chi connectivity index (χ1v) is 6.59. The first-order chi connectivity index (χ1) is 10.1. The Labute approximate surface area is 123 Å². The van der Waals surface area contributed by atoms with Crippen LogP contribution < -0.4 is 11.1 Å². The summed E-state index contributed by atoms with van der Waals surface area (Å²) in [4.78, 5) is 20.2. The van der Waals surface area contributed by atoms with E-state index in [1.54, 1.807) is 12.4 Å². The van der Waals surface area contributed by atoms with Crippen molar-refractivity contribution in [2.24, 2.45) is 5.73 Å². The van der Waals surface area contributed by atoms with Crippen LogP contribution in [0.25, 0.3) is 5.82 Å². The molecule has 1 amide bonds. The lowest BCUT2D eigenvalue weighted by Crippen LogP contribution is -2.43. The molecule has 112 valence electrons. The smallest absolute Gasteiger partial charge is 0.239 e. The number of hydrogen-bond donors (Lipinski definition) is 2. The first kappa shape index (κ1) is 15.1. The van der Waals surface area contributed by atoms with Crippen molar-refractivity contribution in [1.82, 2.24) is 19.9 Å². The lowest BCUT2D eigenvalue weighted by Gasteiger charge is -2.11. The molecule has 2 aromatic heterocycles. The van der Waals surface area contributed by atoms with Gasteiger partial charge in [-0.15, -0.1) is 0 Å². The van der Waals surface area contributed by atoms with Crippen LogP contribution in [0.15, 0.2) is 30.7 Å². The van der Waals surface area contributed by atoms with Gasteiger partial charge in [-0.2, -0.15) is 0 Å². The maximum atomic E-state index is 11.7. The summed E-state index contributed by atoms with van der Waals surface area (Å²) in [5.74, 6) is 1.41. The third kappa shape index (κ3) is 3.87. The predicted octanol–water partition coefficient (Wildman–Crippen LogP) is 0.166. The molecule has 0 radical (unpaired) electrons. The van der Waals surface area contributed by atoms with Gasteiger partial charge in [0.05, 0.1) is 6.61 Å². The second-order valence-electron chi connectivity index (χ2n) is 4.65. The second-order valence-corrected chi connectivity index (χ2v) is 4.65. The molecule has 0 aliphatic heterocycles. The zero-order chi connectivity index (χ0) is 15.2. The number of rotatable bonds is 6. The Balaban J connectivity index is 1.94. The number of nitrogens with two attached hydrogens (primary N) is 1.